The van der Waals surface area contributed by atoms with Crippen LogP contribution in [-0.4, -0.2) is 31.0 Å². The van der Waals surface area contributed by atoms with E-state index in [-0.39, 0.29) is 23.8 Å². The maximum absolute atomic E-state index is 12.9. The minimum absolute atomic E-state index is 0.0512. The van der Waals surface area contributed by atoms with Crippen LogP contribution in [0.1, 0.15) is 32.8 Å². The Morgan fingerprint density at radius 2 is 2.10 bits per heavy atom. The fraction of sp³-hybridized carbons (Fsp3) is 0.360. The number of hydrogen-bond acceptors (Lipinski definition) is 5. The molecule has 5 nitrogen and oxygen atoms in total. The largest absolute Gasteiger partial charge is 0.485 e. The van der Waals surface area contributed by atoms with Crippen LogP contribution < -0.4 is 4.90 Å². The first kappa shape index (κ1) is 18.9. The number of ketones is 1. The molecule has 5 rings (SSSR count). The molecule has 154 valence electrons. The highest BCUT2D eigenvalue weighted by molar-refractivity contribution is 6.02. The fourth-order valence-electron chi connectivity index (χ4n) is 5.20. The lowest BCUT2D eigenvalue weighted by molar-refractivity contribution is -0.149. The van der Waals surface area contributed by atoms with Crippen LogP contribution in [0.25, 0.3) is 0 Å². The van der Waals surface area contributed by atoms with Gasteiger partial charge in [0.15, 0.2) is 5.78 Å². The Balaban J connectivity index is 1.73. The second kappa shape index (κ2) is 6.73. The van der Waals surface area contributed by atoms with Gasteiger partial charge in [-0.25, -0.2) is 0 Å². The molecule has 0 bridgehead atoms. The second-order valence-corrected chi connectivity index (χ2v) is 8.39. The third-order valence-corrected chi connectivity index (χ3v) is 6.82. The van der Waals surface area contributed by atoms with Crippen LogP contribution in [0.15, 0.2) is 71.2 Å². The van der Waals surface area contributed by atoms with Gasteiger partial charge in [0.25, 0.3) is 0 Å². The maximum Gasteiger partial charge on any atom is 0.309 e. The molecule has 3 aliphatic heterocycles. The van der Waals surface area contributed by atoms with Crippen molar-refractivity contribution in [2.45, 2.75) is 38.7 Å². The number of fused-ring (bicyclic) bond motifs is 5. The van der Waals surface area contributed by atoms with Gasteiger partial charge in [-0.2, -0.15) is 0 Å². The summed E-state index contributed by atoms with van der Waals surface area (Å²) in [6, 6.07) is 8.32. The predicted octanol–water partition coefficient (Wildman–Crippen LogP) is 3.97. The summed E-state index contributed by atoms with van der Waals surface area (Å²) in [7, 11) is 0. The van der Waals surface area contributed by atoms with E-state index in [2.05, 4.69) is 30.0 Å². The molecule has 0 fully saturated rings. The van der Waals surface area contributed by atoms with E-state index in [1.54, 1.807) is 12.2 Å². The smallest absolute Gasteiger partial charge is 0.309 e. The first-order valence-electron chi connectivity index (χ1n) is 10.6. The van der Waals surface area contributed by atoms with Gasteiger partial charge in [-0.3, -0.25) is 9.59 Å². The lowest BCUT2D eigenvalue weighted by atomic mass is 9.69. The molecule has 3 heterocycles. The Hall–Kier alpha value is -3.08. The van der Waals surface area contributed by atoms with Gasteiger partial charge < -0.3 is 14.4 Å². The lowest BCUT2D eigenvalue weighted by Crippen LogP contribution is -2.44. The number of ether oxygens (including phenoxy) is 2. The molecule has 1 aromatic carbocycles. The van der Waals surface area contributed by atoms with Crippen LogP contribution in [-0.2, 0) is 24.5 Å². The van der Waals surface area contributed by atoms with E-state index < -0.39 is 5.41 Å². The monoisotopic (exact) mass is 403 g/mol. The average Bonchev–Trinajstić information content (AvgIpc) is 3.02. The van der Waals surface area contributed by atoms with Crippen LogP contribution in [0.2, 0.25) is 0 Å². The Morgan fingerprint density at radius 3 is 2.90 bits per heavy atom. The summed E-state index contributed by atoms with van der Waals surface area (Å²) in [5.74, 6) is 0.0364. The van der Waals surface area contributed by atoms with Gasteiger partial charge in [0.1, 0.15) is 11.9 Å². The van der Waals surface area contributed by atoms with Crippen molar-refractivity contribution in [1.29, 1.82) is 0 Å². The molecular formula is C25H25NO4. The quantitative estimate of drug-likeness (QED) is 0.715. The van der Waals surface area contributed by atoms with Crippen molar-refractivity contribution in [2.24, 2.45) is 5.92 Å². The van der Waals surface area contributed by atoms with E-state index in [4.69, 9.17) is 9.47 Å². The molecule has 0 amide bonds. The van der Waals surface area contributed by atoms with Gasteiger partial charge in [0.05, 0.1) is 12.5 Å². The molecule has 30 heavy (non-hydrogen) atoms. The average molecular weight is 403 g/mol. The highest BCUT2D eigenvalue weighted by Gasteiger charge is 2.53. The molecule has 0 radical (unpaired) electrons. The van der Waals surface area contributed by atoms with Gasteiger partial charge in [-0.1, -0.05) is 25.1 Å². The van der Waals surface area contributed by atoms with Gasteiger partial charge in [0.2, 0.25) is 0 Å². The summed E-state index contributed by atoms with van der Waals surface area (Å²) in [5.41, 5.74) is 4.85. The van der Waals surface area contributed by atoms with E-state index in [1.165, 1.54) is 0 Å². The first-order chi connectivity index (χ1) is 14.4. The molecular weight excluding hydrogens is 378 g/mol. The highest BCUT2D eigenvalue weighted by Crippen LogP contribution is 2.56. The van der Waals surface area contributed by atoms with Crippen molar-refractivity contribution >= 4 is 17.4 Å². The van der Waals surface area contributed by atoms with Gasteiger partial charge >= 0.3 is 5.97 Å². The minimum atomic E-state index is -0.535. The Kier molecular flexibility index (Phi) is 4.24. The molecule has 0 N–H and O–H groups in total. The van der Waals surface area contributed by atoms with Crippen LogP contribution in [0, 0.1) is 5.92 Å². The summed E-state index contributed by atoms with van der Waals surface area (Å²) in [4.78, 5) is 27.0. The van der Waals surface area contributed by atoms with E-state index >= 15 is 0 Å². The van der Waals surface area contributed by atoms with Crippen molar-refractivity contribution in [3.63, 3.8) is 0 Å². The number of benzene rings is 1. The number of carbonyl (C=O) groups excluding carboxylic acids is 2. The van der Waals surface area contributed by atoms with Crippen molar-refractivity contribution in [3.8, 4) is 0 Å². The van der Waals surface area contributed by atoms with Gasteiger partial charge in [0, 0.05) is 47.0 Å². The number of rotatable bonds is 3. The summed E-state index contributed by atoms with van der Waals surface area (Å²) in [6.07, 6.45) is 7.75. The molecule has 0 aromatic heterocycles. The molecule has 3 atom stereocenters. The maximum atomic E-state index is 12.9. The van der Waals surface area contributed by atoms with E-state index in [1.807, 2.05) is 32.1 Å². The van der Waals surface area contributed by atoms with Gasteiger partial charge in [-0.15, -0.1) is 0 Å². The number of allylic oxidation sites excluding steroid dienone is 4. The molecule has 0 saturated carbocycles. The molecule has 4 aliphatic rings. The summed E-state index contributed by atoms with van der Waals surface area (Å²) in [5, 5.41) is 0. The fourth-order valence-corrected chi connectivity index (χ4v) is 5.20. The number of para-hydroxylation sites is 1. The minimum Gasteiger partial charge on any atom is -0.485 e. The zero-order valence-corrected chi connectivity index (χ0v) is 17.5. The molecule has 1 aliphatic carbocycles. The predicted molar refractivity (Wildman–Crippen MR) is 114 cm³/mol. The SMILES string of the molecule is CCOC(=O)C(C)C1(C)C2=C3C=C4C=CC(=O)C=C4OC3CCN2c2ccccc21. The standard InChI is InChI=1S/C25H25NO4/c1-4-29-24(28)15(2)25(3)19-7-5-6-8-20(19)26-12-11-21-18(23(25)26)13-16-9-10-17(27)14-22(16)30-21/h5-10,13-15,21H,4,11-12H2,1-3H3. The number of esters is 1. The van der Waals surface area contributed by atoms with Crippen LogP contribution in [0.4, 0.5) is 5.69 Å². The molecule has 3 unspecified atom stereocenters. The molecule has 0 spiro atoms. The third-order valence-electron chi connectivity index (χ3n) is 6.82. The number of anilines is 1. The second-order valence-electron chi connectivity index (χ2n) is 8.39. The number of nitrogens with zero attached hydrogens (tertiary/aromatic N) is 1. The molecule has 1 aromatic rings. The molecule has 5 heteroatoms. The van der Waals surface area contributed by atoms with Crippen LogP contribution in [0.5, 0.6) is 0 Å². The van der Waals surface area contributed by atoms with Gasteiger partial charge in [-0.05, 0) is 43.7 Å². The summed E-state index contributed by atoms with van der Waals surface area (Å²) in [6.45, 7) is 7.09. The number of hydrogen-bond donors (Lipinski definition) is 0. The highest BCUT2D eigenvalue weighted by atomic mass is 16.5. The Bertz CT molecular complexity index is 1080. The first-order valence-corrected chi connectivity index (χ1v) is 10.6. The van der Waals surface area contributed by atoms with Crippen LogP contribution >= 0.6 is 0 Å². The summed E-state index contributed by atoms with van der Waals surface area (Å²) < 4.78 is 11.7. The third kappa shape index (κ3) is 2.54. The van der Waals surface area contributed by atoms with E-state index in [0.717, 1.165) is 41.1 Å². The van der Waals surface area contributed by atoms with Crippen molar-refractivity contribution in [3.05, 3.63) is 76.7 Å². The summed E-state index contributed by atoms with van der Waals surface area (Å²) >= 11 is 0. The normalized spacial score (nSPS) is 27.2. The van der Waals surface area contributed by atoms with Crippen molar-refractivity contribution in [1.82, 2.24) is 0 Å². The molecule has 0 saturated heterocycles. The van der Waals surface area contributed by atoms with E-state index in [0.29, 0.717) is 12.4 Å². The topological polar surface area (TPSA) is 55.8 Å². The Morgan fingerprint density at radius 1 is 1.30 bits per heavy atom. The van der Waals surface area contributed by atoms with E-state index in [9.17, 15) is 9.59 Å². The van der Waals surface area contributed by atoms with Crippen molar-refractivity contribution in [2.75, 3.05) is 18.1 Å². The van der Waals surface area contributed by atoms with Crippen molar-refractivity contribution < 1.29 is 19.1 Å². The Labute approximate surface area is 176 Å². The lowest BCUT2D eigenvalue weighted by Gasteiger charge is -2.42. The zero-order chi connectivity index (χ0) is 21.0. The number of carbonyl (C=O) groups is 2. The zero-order valence-electron chi connectivity index (χ0n) is 17.5. The van der Waals surface area contributed by atoms with Crippen LogP contribution in [0.3, 0.4) is 0 Å².